The van der Waals surface area contributed by atoms with Crippen LogP contribution in [0.3, 0.4) is 0 Å². The molecular formula is C7H11N3O3. The molecule has 0 aliphatic carbocycles. The Morgan fingerprint density at radius 1 is 1.62 bits per heavy atom. The van der Waals surface area contributed by atoms with Crippen molar-refractivity contribution in [2.75, 3.05) is 6.61 Å². The summed E-state index contributed by atoms with van der Waals surface area (Å²) in [6.07, 6.45) is 0.545. The molecule has 0 fully saturated rings. The monoisotopic (exact) mass is 185 g/mol. The summed E-state index contributed by atoms with van der Waals surface area (Å²) in [7, 11) is 0. The van der Waals surface area contributed by atoms with Crippen molar-refractivity contribution in [2.45, 2.75) is 19.9 Å². The number of nitrogens with zero attached hydrogens (tertiary/aromatic N) is 3. The highest BCUT2D eigenvalue weighted by atomic mass is 16.4. The molecule has 72 valence electrons. The van der Waals surface area contributed by atoms with E-state index in [1.807, 2.05) is 0 Å². The first-order valence-corrected chi connectivity index (χ1v) is 3.91. The summed E-state index contributed by atoms with van der Waals surface area (Å²) in [6, 6.07) is 0. The number of carboxylic acid groups (broad SMARTS) is 1. The number of aliphatic hydroxyl groups is 1. The van der Waals surface area contributed by atoms with E-state index in [1.54, 1.807) is 6.92 Å². The fourth-order valence-corrected chi connectivity index (χ4v) is 0.991. The van der Waals surface area contributed by atoms with Crippen LogP contribution in [0.5, 0.6) is 0 Å². The van der Waals surface area contributed by atoms with Crippen LogP contribution in [0.25, 0.3) is 0 Å². The van der Waals surface area contributed by atoms with Gasteiger partial charge in [-0.3, -0.25) is 0 Å². The third-order valence-electron chi connectivity index (χ3n) is 1.71. The quantitative estimate of drug-likeness (QED) is 0.670. The molecule has 0 aliphatic rings. The lowest BCUT2D eigenvalue weighted by Crippen LogP contribution is -2.05. The van der Waals surface area contributed by atoms with Crippen molar-refractivity contribution in [3.8, 4) is 0 Å². The van der Waals surface area contributed by atoms with Gasteiger partial charge in [0.05, 0.1) is 5.69 Å². The molecule has 0 saturated carbocycles. The van der Waals surface area contributed by atoms with Crippen molar-refractivity contribution in [1.29, 1.82) is 0 Å². The number of aryl methyl sites for hydroxylation is 1. The topological polar surface area (TPSA) is 88.2 Å². The van der Waals surface area contributed by atoms with E-state index < -0.39 is 5.97 Å². The van der Waals surface area contributed by atoms with E-state index in [0.29, 0.717) is 18.7 Å². The zero-order chi connectivity index (χ0) is 9.84. The highest BCUT2D eigenvalue weighted by Gasteiger charge is 2.14. The Kier molecular flexibility index (Phi) is 2.97. The van der Waals surface area contributed by atoms with Crippen LogP contribution < -0.4 is 0 Å². The molecule has 1 rings (SSSR count). The lowest BCUT2D eigenvalue weighted by molar-refractivity contribution is 0.0689. The van der Waals surface area contributed by atoms with Gasteiger partial charge < -0.3 is 10.2 Å². The van der Waals surface area contributed by atoms with Gasteiger partial charge in [-0.25, -0.2) is 9.48 Å². The summed E-state index contributed by atoms with van der Waals surface area (Å²) in [5, 5.41) is 24.3. The summed E-state index contributed by atoms with van der Waals surface area (Å²) in [5.41, 5.74) is 0.485. The average Bonchev–Trinajstić information content (AvgIpc) is 2.43. The van der Waals surface area contributed by atoms with E-state index in [9.17, 15) is 4.79 Å². The van der Waals surface area contributed by atoms with E-state index in [1.165, 1.54) is 4.68 Å². The van der Waals surface area contributed by atoms with E-state index in [2.05, 4.69) is 10.3 Å². The Labute approximate surface area is 74.8 Å². The molecule has 0 saturated heterocycles. The molecule has 1 heterocycles. The summed E-state index contributed by atoms with van der Waals surface area (Å²) in [6.45, 7) is 2.19. The van der Waals surface area contributed by atoms with Crippen molar-refractivity contribution in [3.63, 3.8) is 0 Å². The predicted octanol–water partition coefficient (Wildman–Crippen LogP) is -0.333. The molecular weight excluding hydrogens is 174 g/mol. The van der Waals surface area contributed by atoms with E-state index >= 15 is 0 Å². The highest BCUT2D eigenvalue weighted by molar-refractivity contribution is 5.86. The van der Waals surface area contributed by atoms with Gasteiger partial charge in [-0.2, -0.15) is 0 Å². The van der Waals surface area contributed by atoms with Crippen molar-refractivity contribution in [1.82, 2.24) is 15.0 Å². The molecule has 0 unspecified atom stereocenters. The molecule has 6 nitrogen and oxygen atoms in total. The standard InChI is InChI=1S/C7H11N3O3/c1-5-6(7(12)13)8-9-10(5)3-2-4-11/h11H,2-4H2,1H3,(H,12,13). The molecule has 0 bridgehead atoms. The van der Waals surface area contributed by atoms with Crippen LogP contribution in [0.2, 0.25) is 0 Å². The van der Waals surface area contributed by atoms with Gasteiger partial charge in [0.1, 0.15) is 0 Å². The van der Waals surface area contributed by atoms with Crippen molar-refractivity contribution >= 4 is 5.97 Å². The Bertz CT molecular complexity index is 308. The maximum absolute atomic E-state index is 10.5. The summed E-state index contributed by atoms with van der Waals surface area (Å²) in [5.74, 6) is -1.08. The number of hydrogen-bond acceptors (Lipinski definition) is 4. The number of carbonyl (C=O) groups is 1. The molecule has 0 radical (unpaired) electrons. The molecule has 0 aliphatic heterocycles. The predicted molar refractivity (Wildman–Crippen MR) is 43.4 cm³/mol. The normalized spacial score (nSPS) is 10.3. The lowest BCUT2D eigenvalue weighted by atomic mass is 10.3. The van der Waals surface area contributed by atoms with Crippen LogP contribution in [0, 0.1) is 6.92 Å². The smallest absolute Gasteiger partial charge is 0.358 e. The fourth-order valence-electron chi connectivity index (χ4n) is 0.991. The molecule has 0 atom stereocenters. The maximum Gasteiger partial charge on any atom is 0.358 e. The van der Waals surface area contributed by atoms with Crippen LogP contribution in [0.4, 0.5) is 0 Å². The molecule has 6 heteroatoms. The fraction of sp³-hybridized carbons (Fsp3) is 0.571. The number of aliphatic hydroxyl groups excluding tert-OH is 1. The van der Waals surface area contributed by atoms with E-state index in [-0.39, 0.29) is 12.3 Å². The van der Waals surface area contributed by atoms with Crippen LogP contribution >= 0.6 is 0 Å². The molecule has 1 aromatic rings. The lowest BCUT2D eigenvalue weighted by Gasteiger charge is -1.99. The SMILES string of the molecule is Cc1c(C(=O)O)nnn1CCCO. The number of carboxylic acids is 1. The third kappa shape index (κ3) is 2.03. The van der Waals surface area contributed by atoms with Crippen LogP contribution in [-0.4, -0.2) is 37.8 Å². The van der Waals surface area contributed by atoms with Gasteiger partial charge in [-0.05, 0) is 13.3 Å². The molecule has 2 N–H and O–H groups in total. The second-order valence-electron chi connectivity index (χ2n) is 2.63. The molecule has 0 amide bonds. The largest absolute Gasteiger partial charge is 0.476 e. The zero-order valence-corrected chi connectivity index (χ0v) is 7.27. The van der Waals surface area contributed by atoms with Gasteiger partial charge in [-0.15, -0.1) is 5.10 Å². The first-order chi connectivity index (χ1) is 6.16. The van der Waals surface area contributed by atoms with Gasteiger partial charge in [-0.1, -0.05) is 5.21 Å². The van der Waals surface area contributed by atoms with E-state index in [4.69, 9.17) is 10.2 Å². The first-order valence-electron chi connectivity index (χ1n) is 3.91. The second-order valence-corrected chi connectivity index (χ2v) is 2.63. The highest BCUT2D eigenvalue weighted by Crippen LogP contribution is 2.03. The Morgan fingerprint density at radius 3 is 2.77 bits per heavy atom. The van der Waals surface area contributed by atoms with Gasteiger partial charge >= 0.3 is 5.97 Å². The van der Waals surface area contributed by atoms with Crippen LogP contribution in [0.15, 0.2) is 0 Å². The summed E-state index contributed by atoms with van der Waals surface area (Å²) < 4.78 is 1.47. The Balaban J connectivity index is 2.80. The Hall–Kier alpha value is -1.43. The number of aromatic nitrogens is 3. The summed E-state index contributed by atoms with van der Waals surface area (Å²) >= 11 is 0. The summed E-state index contributed by atoms with van der Waals surface area (Å²) in [4.78, 5) is 10.5. The van der Waals surface area contributed by atoms with Crippen LogP contribution in [0.1, 0.15) is 22.6 Å². The van der Waals surface area contributed by atoms with Crippen molar-refractivity contribution < 1.29 is 15.0 Å². The second kappa shape index (κ2) is 3.99. The molecule has 13 heavy (non-hydrogen) atoms. The minimum Gasteiger partial charge on any atom is -0.476 e. The first kappa shape index (κ1) is 9.66. The minimum atomic E-state index is -1.08. The molecule has 0 spiro atoms. The van der Waals surface area contributed by atoms with Gasteiger partial charge in [0.2, 0.25) is 0 Å². The maximum atomic E-state index is 10.5. The van der Waals surface area contributed by atoms with E-state index in [0.717, 1.165) is 0 Å². The molecule has 1 aromatic heterocycles. The number of aromatic carboxylic acids is 1. The zero-order valence-electron chi connectivity index (χ0n) is 7.27. The number of hydrogen-bond donors (Lipinski definition) is 2. The Morgan fingerprint density at radius 2 is 2.31 bits per heavy atom. The van der Waals surface area contributed by atoms with Gasteiger partial charge in [0.25, 0.3) is 0 Å². The average molecular weight is 185 g/mol. The third-order valence-corrected chi connectivity index (χ3v) is 1.71. The minimum absolute atomic E-state index is 0.0297. The molecule has 0 aromatic carbocycles. The van der Waals surface area contributed by atoms with Crippen LogP contribution in [-0.2, 0) is 6.54 Å². The number of rotatable bonds is 4. The van der Waals surface area contributed by atoms with Gasteiger partial charge in [0.15, 0.2) is 5.69 Å². The van der Waals surface area contributed by atoms with Gasteiger partial charge in [0, 0.05) is 13.2 Å². The van der Waals surface area contributed by atoms with Crippen molar-refractivity contribution in [2.24, 2.45) is 0 Å². The van der Waals surface area contributed by atoms with Crippen molar-refractivity contribution in [3.05, 3.63) is 11.4 Å².